The zero-order valence-corrected chi connectivity index (χ0v) is 25.5. The maximum Gasteiger partial charge on any atom is 0.404 e. The molecule has 1 aliphatic rings. The molecule has 1 heterocycles. The zero-order chi connectivity index (χ0) is 32.7. The third-order valence-electron chi connectivity index (χ3n) is 8.04. The van der Waals surface area contributed by atoms with E-state index < -0.39 is 28.1 Å². The van der Waals surface area contributed by atoms with Crippen LogP contribution < -0.4 is 21.1 Å². The lowest BCUT2D eigenvalue weighted by atomic mass is 9.81. The number of sulfonamides is 1. The van der Waals surface area contributed by atoms with Crippen LogP contribution in [-0.2, 0) is 26.0 Å². The molecule has 0 aliphatic heterocycles. The molecule has 0 saturated heterocycles. The molecule has 240 valence electrons. The van der Waals surface area contributed by atoms with Crippen LogP contribution in [0.25, 0.3) is 22.5 Å². The minimum Gasteiger partial charge on any atom is -0.465 e. The van der Waals surface area contributed by atoms with Gasteiger partial charge in [0.15, 0.2) is 0 Å². The van der Waals surface area contributed by atoms with Crippen LogP contribution in [-0.4, -0.2) is 64.6 Å². The molecule has 14 nitrogen and oxygen atoms in total. The lowest BCUT2D eigenvalue weighted by Crippen LogP contribution is -2.48. The van der Waals surface area contributed by atoms with Crippen molar-refractivity contribution in [1.29, 1.82) is 0 Å². The van der Waals surface area contributed by atoms with Crippen molar-refractivity contribution in [2.45, 2.75) is 43.0 Å². The maximum absolute atomic E-state index is 13.6. The maximum atomic E-state index is 13.6. The molecule has 1 atom stereocenters. The molecule has 1 saturated carbocycles. The van der Waals surface area contributed by atoms with Crippen molar-refractivity contribution in [3.63, 3.8) is 0 Å². The van der Waals surface area contributed by atoms with Gasteiger partial charge in [0.2, 0.25) is 27.7 Å². The normalized spacial score (nSPS) is 17.1. The molecule has 3 aromatic carbocycles. The number of hydrogen-bond acceptors (Lipinski definition) is 8. The van der Waals surface area contributed by atoms with Crippen LogP contribution in [0, 0.1) is 11.8 Å². The molecule has 0 radical (unpaired) electrons. The fraction of sp³-hybridized carbons (Fsp3) is 0.290. The molecule has 15 heteroatoms. The monoisotopic (exact) mass is 646 g/mol. The van der Waals surface area contributed by atoms with E-state index in [1.807, 2.05) is 24.3 Å². The van der Waals surface area contributed by atoms with Gasteiger partial charge in [-0.2, -0.15) is 5.21 Å². The summed E-state index contributed by atoms with van der Waals surface area (Å²) in [5.41, 5.74) is 3.44. The van der Waals surface area contributed by atoms with E-state index in [1.165, 1.54) is 12.1 Å². The number of carbonyl (C=O) groups is 3. The van der Waals surface area contributed by atoms with E-state index in [1.54, 1.807) is 36.4 Å². The SMILES string of the molecule is NS(=O)(=O)c1cccc(-c2ccc(C[C@H](NC(=O)C3CCC(CNC(=O)O)CC3)C(=O)Nc3ccc(-c4nn[nH]n4)cc3)cc2)c1. The van der Waals surface area contributed by atoms with E-state index in [-0.39, 0.29) is 29.1 Å². The first-order valence-electron chi connectivity index (χ1n) is 14.7. The third kappa shape index (κ3) is 8.51. The van der Waals surface area contributed by atoms with Crippen LogP contribution in [0.3, 0.4) is 0 Å². The van der Waals surface area contributed by atoms with Crippen molar-refractivity contribution >= 4 is 33.6 Å². The number of H-pyrrole nitrogens is 1. The number of carboxylic acid groups (broad SMARTS) is 1. The highest BCUT2D eigenvalue weighted by molar-refractivity contribution is 7.89. The van der Waals surface area contributed by atoms with Gasteiger partial charge in [0.25, 0.3) is 0 Å². The van der Waals surface area contributed by atoms with Gasteiger partial charge >= 0.3 is 6.09 Å². The minimum absolute atomic E-state index is 0.00558. The summed E-state index contributed by atoms with van der Waals surface area (Å²) in [6.07, 6.45) is 1.73. The summed E-state index contributed by atoms with van der Waals surface area (Å²) in [5, 5.41) is 36.3. The second-order valence-corrected chi connectivity index (χ2v) is 12.8. The van der Waals surface area contributed by atoms with Crippen LogP contribution >= 0.6 is 0 Å². The Labute approximate surface area is 265 Å². The minimum atomic E-state index is -3.86. The number of rotatable bonds is 11. The quantitative estimate of drug-likeness (QED) is 0.141. The second-order valence-electron chi connectivity index (χ2n) is 11.2. The number of carbonyl (C=O) groups excluding carboxylic acids is 2. The van der Waals surface area contributed by atoms with E-state index >= 15 is 0 Å². The summed E-state index contributed by atoms with van der Waals surface area (Å²) in [5.74, 6) is -0.340. The molecule has 4 aromatic rings. The van der Waals surface area contributed by atoms with Crippen molar-refractivity contribution in [3.8, 4) is 22.5 Å². The molecule has 1 aromatic heterocycles. The highest BCUT2D eigenvalue weighted by Gasteiger charge is 2.30. The summed E-state index contributed by atoms with van der Waals surface area (Å²) in [6.45, 7) is 0.350. The fourth-order valence-corrected chi connectivity index (χ4v) is 6.06. The standard InChI is InChI=1S/C31H34N8O6S/c32-46(44,45)26-3-1-2-24(17-26)21-8-4-19(5-9-21)16-27(35-29(40)23-10-6-20(7-11-23)18-33-31(42)43)30(41)34-25-14-12-22(13-15-25)28-36-38-39-37-28/h1-5,8-9,12-15,17,20,23,27,33H,6-7,10-11,16,18H2,(H,34,41)(H,35,40)(H,42,43)(H2,32,44,45)(H,36,37,38,39)/t20?,23?,27-/m0/s1. The summed E-state index contributed by atoms with van der Waals surface area (Å²) in [7, 11) is -3.86. The summed E-state index contributed by atoms with van der Waals surface area (Å²) >= 11 is 0. The van der Waals surface area contributed by atoms with Crippen molar-refractivity contribution < 1.29 is 27.9 Å². The number of nitrogens with one attached hydrogen (secondary N) is 4. The van der Waals surface area contributed by atoms with Crippen LogP contribution in [0.5, 0.6) is 0 Å². The molecule has 46 heavy (non-hydrogen) atoms. The largest absolute Gasteiger partial charge is 0.465 e. The lowest BCUT2D eigenvalue weighted by Gasteiger charge is -2.29. The first-order chi connectivity index (χ1) is 22.0. The number of aromatic amines is 1. The molecule has 3 amide bonds. The first kappa shape index (κ1) is 32.2. The molecular weight excluding hydrogens is 612 g/mol. The first-order valence-corrected chi connectivity index (χ1v) is 16.2. The number of benzene rings is 3. The number of nitrogens with zero attached hydrogens (tertiary/aromatic N) is 3. The fourth-order valence-electron chi connectivity index (χ4n) is 5.50. The van der Waals surface area contributed by atoms with E-state index in [9.17, 15) is 22.8 Å². The lowest BCUT2D eigenvalue weighted by molar-refractivity contribution is -0.130. The van der Waals surface area contributed by atoms with E-state index in [0.29, 0.717) is 54.9 Å². The molecular formula is C31H34N8O6S. The molecule has 0 bridgehead atoms. The molecule has 7 N–H and O–H groups in total. The number of anilines is 1. The second kappa shape index (κ2) is 14.3. The Morgan fingerprint density at radius 2 is 1.63 bits per heavy atom. The molecule has 0 unspecified atom stereocenters. The number of tetrazole rings is 1. The van der Waals surface area contributed by atoms with Gasteiger partial charge in [-0.25, -0.2) is 18.4 Å². The Kier molecular flexibility index (Phi) is 10.0. The number of amides is 3. The smallest absolute Gasteiger partial charge is 0.404 e. The zero-order valence-electron chi connectivity index (χ0n) is 24.7. The van der Waals surface area contributed by atoms with Gasteiger partial charge in [0, 0.05) is 30.1 Å². The van der Waals surface area contributed by atoms with Crippen molar-refractivity contribution in [2.24, 2.45) is 17.0 Å². The molecule has 5 rings (SSSR count). The average Bonchev–Trinajstić information content (AvgIpc) is 3.59. The third-order valence-corrected chi connectivity index (χ3v) is 8.95. The Balaban J connectivity index is 1.29. The van der Waals surface area contributed by atoms with Crippen LogP contribution in [0.2, 0.25) is 0 Å². The van der Waals surface area contributed by atoms with Gasteiger partial charge in [-0.1, -0.05) is 36.4 Å². The van der Waals surface area contributed by atoms with Gasteiger partial charge in [0.1, 0.15) is 6.04 Å². The van der Waals surface area contributed by atoms with Crippen LogP contribution in [0.15, 0.2) is 77.7 Å². The Hall–Kier alpha value is -5.15. The summed E-state index contributed by atoms with van der Waals surface area (Å²) in [6, 6.07) is 19.6. The van der Waals surface area contributed by atoms with Crippen molar-refractivity contribution in [1.82, 2.24) is 31.3 Å². The number of aromatic nitrogens is 4. The van der Waals surface area contributed by atoms with Gasteiger partial charge < -0.3 is 21.1 Å². The van der Waals surface area contributed by atoms with E-state index in [2.05, 4.69) is 36.6 Å². The number of nitrogens with two attached hydrogens (primary N) is 1. The van der Waals surface area contributed by atoms with Gasteiger partial charge in [-0.15, -0.1) is 10.2 Å². The number of hydrogen-bond donors (Lipinski definition) is 6. The van der Waals surface area contributed by atoms with Crippen molar-refractivity contribution in [2.75, 3.05) is 11.9 Å². The molecule has 0 spiro atoms. The predicted octanol–water partition coefficient (Wildman–Crippen LogP) is 2.92. The Morgan fingerprint density at radius 1 is 0.935 bits per heavy atom. The predicted molar refractivity (Wildman–Crippen MR) is 169 cm³/mol. The van der Waals surface area contributed by atoms with Gasteiger partial charge in [-0.05, 0) is 89.9 Å². The summed E-state index contributed by atoms with van der Waals surface area (Å²) in [4.78, 5) is 37.8. The van der Waals surface area contributed by atoms with Crippen LogP contribution in [0.1, 0.15) is 31.2 Å². The van der Waals surface area contributed by atoms with Crippen molar-refractivity contribution in [3.05, 3.63) is 78.4 Å². The number of primary sulfonamides is 1. The van der Waals surface area contributed by atoms with Gasteiger partial charge in [0.05, 0.1) is 4.90 Å². The van der Waals surface area contributed by atoms with E-state index in [4.69, 9.17) is 10.2 Å². The summed E-state index contributed by atoms with van der Waals surface area (Å²) < 4.78 is 23.6. The average molecular weight is 647 g/mol. The Bertz CT molecular complexity index is 1770. The molecule has 1 aliphatic carbocycles. The Morgan fingerprint density at radius 3 is 2.26 bits per heavy atom. The van der Waals surface area contributed by atoms with Crippen LogP contribution in [0.4, 0.5) is 10.5 Å². The van der Waals surface area contributed by atoms with Gasteiger partial charge in [-0.3, -0.25) is 9.59 Å². The highest BCUT2D eigenvalue weighted by Crippen LogP contribution is 2.29. The topological polar surface area (TPSA) is 222 Å². The highest BCUT2D eigenvalue weighted by atomic mass is 32.2. The van der Waals surface area contributed by atoms with E-state index in [0.717, 1.165) is 11.1 Å². The molecule has 1 fully saturated rings.